The number of para-hydroxylation sites is 1. The summed E-state index contributed by atoms with van der Waals surface area (Å²) in [7, 11) is 0. The lowest BCUT2D eigenvalue weighted by molar-refractivity contribution is -0.137. The van der Waals surface area contributed by atoms with Gasteiger partial charge < -0.3 is 9.73 Å². The van der Waals surface area contributed by atoms with Crippen LogP contribution in [-0.4, -0.2) is 31.6 Å². The number of hydrogen-bond donors (Lipinski definition) is 1. The number of halogens is 3. The van der Waals surface area contributed by atoms with Crippen molar-refractivity contribution in [3.8, 4) is 17.1 Å². The van der Waals surface area contributed by atoms with Gasteiger partial charge >= 0.3 is 6.18 Å². The Morgan fingerprint density at radius 3 is 2.66 bits per heavy atom. The number of thioether (sulfide) groups is 1. The van der Waals surface area contributed by atoms with E-state index in [1.165, 1.54) is 12.1 Å². The van der Waals surface area contributed by atoms with Crippen LogP contribution in [0.3, 0.4) is 0 Å². The monoisotopic (exact) mass is 459 g/mol. The Morgan fingerprint density at radius 1 is 1.12 bits per heavy atom. The fraction of sp³-hybridized carbons (Fsp3) is 0.143. The molecule has 4 aromatic rings. The first-order valence-electron chi connectivity index (χ1n) is 9.35. The normalized spacial score (nSPS) is 11.5. The van der Waals surface area contributed by atoms with Crippen LogP contribution in [0.5, 0.6) is 0 Å². The molecule has 0 saturated carbocycles. The summed E-state index contributed by atoms with van der Waals surface area (Å²) < 4.78 is 45.7. The van der Waals surface area contributed by atoms with Crippen LogP contribution in [-0.2, 0) is 11.0 Å². The first-order valence-corrected chi connectivity index (χ1v) is 10.3. The van der Waals surface area contributed by atoms with Crippen molar-refractivity contribution in [1.82, 2.24) is 20.0 Å². The Hall–Kier alpha value is -3.60. The standard InChI is InChI=1S/C21H16F3N5O2S/c1-13-17(11-25-29(13)16-8-3-2-4-9-16)19-27-28-20(31-19)32-12-18(30)26-15-7-5-6-14(10-15)21(22,23)24/h2-11H,12H2,1H3,(H,26,30). The maximum atomic E-state index is 12.8. The van der Waals surface area contributed by atoms with E-state index in [9.17, 15) is 18.0 Å². The molecule has 0 fully saturated rings. The molecule has 0 unspecified atom stereocenters. The quantitative estimate of drug-likeness (QED) is 0.409. The maximum Gasteiger partial charge on any atom is 0.416 e. The minimum atomic E-state index is -4.48. The van der Waals surface area contributed by atoms with Crippen molar-refractivity contribution in [3.05, 3.63) is 72.1 Å². The van der Waals surface area contributed by atoms with Crippen molar-refractivity contribution >= 4 is 23.4 Å². The van der Waals surface area contributed by atoms with E-state index in [1.807, 2.05) is 37.3 Å². The number of hydrogen-bond acceptors (Lipinski definition) is 6. The van der Waals surface area contributed by atoms with Gasteiger partial charge in [0.15, 0.2) is 0 Å². The summed E-state index contributed by atoms with van der Waals surface area (Å²) in [6, 6.07) is 14.0. The van der Waals surface area contributed by atoms with Gasteiger partial charge in [-0.05, 0) is 37.3 Å². The molecule has 1 amide bonds. The molecule has 0 aliphatic carbocycles. The molecule has 0 aliphatic heterocycles. The van der Waals surface area contributed by atoms with Crippen LogP contribution in [0.25, 0.3) is 17.1 Å². The number of amides is 1. The molecule has 2 heterocycles. The molecule has 7 nitrogen and oxygen atoms in total. The maximum absolute atomic E-state index is 12.8. The van der Waals surface area contributed by atoms with E-state index in [-0.39, 0.29) is 22.6 Å². The third-order valence-electron chi connectivity index (χ3n) is 4.45. The van der Waals surface area contributed by atoms with Crippen LogP contribution in [0.4, 0.5) is 18.9 Å². The zero-order chi connectivity index (χ0) is 22.7. The molecule has 0 bridgehead atoms. The number of nitrogens with zero attached hydrogens (tertiary/aromatic N) is 4. The number of aromatic nitrogens is 4. The van der Waals surface area contributed by atoms with E-state index in [0.717, 1.165) is 35.3 Å². The van der Waals surface area contributed by atoms with E-state index in [2.05, 4.69) is 20.6 Å². The molecule has 164 valence electrons. The van der Waals surface area contributed by atoms with Crippen molar-refractivity contribution in [2.75, 3.05) is 11.1 Å². The summed E-state index contributed by atoms with van der Waals surface area (Å²) in [6.07, 6.45) is -2.87. The van der Waals surface area contributed by atoms with Gasteiger partial charge in [0.25, 0.3) is 11.1 Å². The minimum Gasteiger partial charge on any atom is -0.411 e. The van der Waals surface area contributed by atoms with Gasteiger partial charge in [-0.25, -0.2) is 4.68 Å². The van der Waals surface area contributed by atoms with Gasteiger partial charge in [-0.3, -0.25) is 4.79 Å². The second-order valence-electron chi connectivity index (χ2n) is 6.68. The molecule has 1 N–H and O–H groups in total. The number of carbonyl (C=O) groups excluding carboxylic acids is 1. The van der Waals surface area contributed by atoms with Crippen molar-refractivity contribution < 1.29 is 22.4 Å². The van der Waals surface area contributed by atoms with E-state index in [0.29, 0.717) is 5.56 Å². The van der Waals surface area contributed by atoms with Gasteiger partial charge in [0, 0.05) is 5.69 Å². The van der Waals surface area contributed by atoms with Crippen LogP contribution in [0.2, 0.25) is 0 Å². The molecule has 0 spiro atoms. The zero-order valence-electron chi connectivity index (χ0n) is 16.6. The number of benzene rings is 2. The summed E-state index contributed by atoms with van der Waals surface area (Å²) in [5.41, 5.74) is 1.56. The van der Waals surface area contributed by atoms with Gasteiger partial charge in [0.2, 0.25) is 5.91 Å². The first kappa shape index (κ1) is 21.6. The lowest BCUT2D eigenvalue weighted by Gasteiger charge is -2.09. The van der Waals surface area contributed by atoms with Gasteiger partial charge in [-0.1, -0.05) is 36.0 Å². The van der Waals surface area contributed by atoms with Crippen LogP contribution in [0.1, 0.15) is 11.3 Å². The molecular formula is C21H16F3N5O2S. The average molecular weight is 459 g/mol. The second-order valence-corrected chi connectivity index (χ2v) is 7.61. The van der Waals surface area contributed by atoms with Crippen molar-refractivity contribution in [2.45, 2.75) is 18.3 Å². The smallest absolute Gasteiger partial charge is 0.411 e. The van der Waals surface area contributed by atoms with Crippen LogP contribution in [0.15, 0.2) is 70.4 Å². The highest BCUT2D eigenvalue weighted by molar-refractivity contribution is 7.99. The summed E-state index contributed by atoms with van der Waals surface area (Å²) in [5, 5.41) is 14.9. The number of nitrogens with one attached hydrogen (secondary N) is 1. The number of rotatable bonds is 6. The molecule has 0 aliphatic rings. The lowest BCUT2D eigenvalue weighted by atomic mass is 10.2. The predicted molar refractivity (Wildman–Crippen MR) is 112 cm³/mol. The predicted octanol–water partition coefficient (Wildman–Crippen LogP) is 4.98. The first-order chi connectivity index (χ1) is 15.3. The largest absolute Gasteiger partial charge is 0.416 e. The van der Waals surface area contributed by atoms with Crippen molar-refractivity contribution in [1.29, 1.82) is 0 Å². The highest BCUT2D eigenvalue weighted by atomic mass is 32.2. The van der Waals surface area contributed by atoms with Gasteiger partial charge in [-0.2, -0.15) is 18.3 Å². The lowest BCUT2D eigenvalue weighted by Crippen LogP contribution is -2.15. The summed E-state index contributed by atoms with van der Waals surface area (Å²) in [6.45, 7) is 1.87. The molecule has 0 radical (unpaired) electrons. The third kappa shape index (κ3) is 4.83. The highest BCUT2D eigenvalue weighted by Crippen LogP contribution is 2.31. The molecule has 4 rings (SSSR count). The molecule has 2 aromatic heterocycles. The van der Waals surface area contributed by atoms with Gasteiger partial charge in [0.05, 0.1) is 34.5 Å². The van der Waals surface area contributed by atoms with Crippen LogP contribution in [0, 0.1) is 6.92 Å². The van der Waals surface area contributed by atoms with E-state index >= 15 is 0 Å². The highest BCUT2D eigenvalue weighted by Gasteiger charge is 2.30. The summed E-state index contributed by atoms with van der Waals surface area (Å²) in [5.74, 6) is -0.354. The van der Waals surface area contributed by atoms with Crippen molar-refractivity contribution in [3.63, 3.8) is 0 Å². The molecule has 32 heavy (non-hydrogen) atoms. The summed E-state index contributed by atoms with van der Waals surface area (Å²) >= 11 is 0.980. The fourth-order valence-electron chi connectivity index (χ4n) is 2.92. The minimum absolute atomic E-state index is 0.0561. The number of carbonyl (C=O) groups is 1. The van der Waals surface area contributed by atoms with Gasteiger partial charge in [0.1, 0.15) is 0 Å². The number of alkyl halides is 3. The molecule has 2 aromatic carbocycles. The second kappa shape index (κ2) is 8.87. The van der Waals surface area contributed by atoms with Gasteiger partial charge in [-0.15, -0.1) is 10.2 Å². The molecular weight excluding hydrogens is 443 g/mol. The Balaban J connectivity index is 1.39. The van der Waals surface area contributed by atoms with E-state index in [1.54, 1.807) is 10.9 Å². The van der Waals surface area contributed by atoms with E-state index in [4.69, 9.17) is 4.42 Å². The average Bonchev–Trinajstić information content (AvgIpc) is 3.39. The zero-order valence-corrected chi connectivity index (χ0v) is 17.4. The summed E-state index contributed by atoms with van der Waals surface area (Å²) in [4.78, 5) is 12.1. The van der Waals surface area contributed by atoms with Crippen LogP contribution < -0.4 is 5.32 Å². The SMILES string of the molecule is Cc1c(-c2nnc(SCC(=O)Nc3cccc(C(F)(F)F)c3)o2)cnn1-c1ccccc1. The fourth-order valence-corrected chi connectivity index (χ4v) is 3.49. The third-order valence-corrected chi connectivity index (χ3v) is 5.27. The van der Waals surface area contributed by atoms with E-state index < -0.39 is 17.6 Å². The number of anilines is 1. The topological polar surface area (TPSA) is 85.8 Å². The Bertz CT molecular complexity index is 1240. The Labute approximate surface area is 184 Å². The Kier molecular flexibility index (Phi) is 5.99. The Morgan fingerprint density at radius 2 is 1.91 bits per heavy atom. The molecule has 11 heteroatoms. The van der Waals surface area contributed by atoms with Crippen LogP contribution >= 0.6 is 11.8 Å². The molecule has 0 atom stereocenters. The molecule has 0 saturated heterocycles. The van der Waals surface area contributed by atoms with Crippen molar-refractivity contribution in [2.24, 2.45) is 0 Å².